The highest BCUT2D eigenvalue weighted by Gasteiger charge is 2.18. The number of aryl methyl sites for hydroxylation is 1. The van der Waals surface area contributed by atoms with Gasteiger partial charge in [-0.25, -0.2) is 4.98 Å². The summed E-state index contributed by atoms with van der Waals surface area (Å²) in [4.78, 5) is 4.18. The first-order valence-corrected chi connectivity index (χ1v) is 7.72. The van der Waals surface area contributed by atoms with Crippen LogP contribution in [0.25, 0.3) is 11.5 Å². The van der Waals surface area contributed by atoms with Crippen molar-refractivity contribution >= 4 is 5.69 Å². The average Bonchev–Trinajstić information content (AvgIpc) is 3.02. The van der Waals surface area contributed by atoms with Crippen molar-refractivity contribution in [1.82, 2.24) is 4.98 Å². The maximum absolute atomic E-state index is 5.96. The van der Waals surface area contributed by atoms with E-state index in [1.807, 2.05) is 0 Å². The van der Waals surface area contributed by atoms with E-state index in [4.69, 9.17) is 10.2 Å². The first-order valence-electron chi connectivity index (χ1n) is 7.72. The molecule has 112 valence electrons. The topological polar surface area (TPSA) is 64.1 Å². The van der Waals surface area contributed by atoms with Gasteiger partial charge in [-0.2, -0.15) is 0 Å². The maximum Gasteiger partial charge on any atom is 0.225 e. The van der Waals surface area contributed by atoms with E-state index in [0.717, 1.165) is 30.9 Å². The Labute approximate surface area is 125 Å². The molecular weight excluding hydrogens is 262 g/mol. The van der Waals surface area contributed by atoms with Crippen molar-refractivity contribution < 1.29 is 4.42 Å². The average molecular weight is 285 g/mol. The fourth-order valence-electron chi connectivity index (χ4n) is 3.01. The Bertz CT molecular complexity index is 572. The molecule has 3 rings (SSSR count). The molecule has 1 fully saturated rings. The van der Waals surface area contributed by atoms with Crippen LogP contribution in [0.15, 0.2) is 35.1 Å². The van der Waals surface area contributed by atoms with Gasteiger partial charge in [0.1, 0.15) is 6.26 Å². The predicted molar refractivity (Wildman–Crippen MR) is 85.1 cm³/mol. The SMILES string of the molecule is Cc1cc(-c2ncco2)ccc1NC[C@H]1CC[C@H](N)CC1. The van der Waals surface area contributed by atoms with Crippen LogP contribution in [0.3, 0.4) is 0 Å². The molecule has 1 aromatic heterocycles. The van der Waals surface area contributed by atoms with E-state index in [0.29, 0.717) is 11.9 Å². The van der Waals surface area contributed by atoms with Crippen LogP contribution in [-0.2, 0) is 0 Å². The van der Waals surface area contributed by atoms with Gasteiger partial charge in [0.25, 0.3) is 0 Å². The smallest absolute Gasteiger partial charge is 0.225 e. The first kappa shape index (κ1) is 14.1. The van der Waals surface area contributed by atoms with E-state index in [1.165, 1.54) is 24.1 Å². The number of nitrogens with two attached hydrogens (primary N) is 1. The van der Waals surface area contributed by atoms with Gasteiger partial charge in [-0.05, 0) is 62.3 Å². The second-order valence-electron chi connectivity index (χ2n) is 6.03. The molecule has 0 saturated heterocycles. The summed E-state index contributed by atoms with van der Waals surface area (Å²) in [6.45, 7) is 3.15. The van der Waals surface area contributed by atoms with Crippen LogP contribution < -0.4 is 11.1 Å². The highest BCUT2D eigenvalue weighted by molar-refractivity contribution is 5.62. The third kappa shape index (κ3) is 3.45. The summed E-state index contributed by atoms with van der Waals surface area (Å²) in [5, 5.41) is 3.58. The third-order valence-corrected chi connectivity index (χ3v) is 4.38. The molecule has 0 radical (unpaired) electrons. The lowest BCUT2D eigenvalue weighted by Crippen LogP contribution is -2.29. The van der Waals surface area contributed by atoms with Crippen LogP contribution in [0.5, 0.6) is 0 Å². The predicted octanol–water partition coefficient (Wildman–Crippen LogP) is 3.58. The number of nitrogens with one attached hydrogen (secondary N) is 1. The zero-order valence-corrected chi connectivity index (χ0v) is 12.5. The van der Waals surface area contributed by atoms with Crippen molar-refractivity contribution in [2.24, 2.45) is 11.7 Å². The molecule has 0 aliphatic heterocycles. The molecule has 0 unspecified atom stereocenters. The third-order valence-electron chi connectivity index (χ3n) is 4.38. The first-order chi connectivity index (χ1) is 10.2. The molecule has 1 heterocycles. The quantitative estimate of drug-likeness (QED) is 0.901. The minimum Gasteiger partial charge on any atom is -0.445 e. The Morgan fingerprint density at radius 2 is 2.10 bits per heavy atom. The van der Waals surface area contributed by atoms with E-state index in [-0.39, 0.29) is 0 Å². The maximum atomic E-state index is 5.96. The van der Waals surface area contributed by atoms with Crippen LogP contribution in [0.4, 0.5) is 5.69 Å². The van der Waals surface area contributed by atoms with Crippen LogP contribution in [0, 0.1) is 12.8 Å². The molecule has 1 aliphatic carbocycles. The highest BCUT2D eigenvalue weighted by atomic mass is 16.3. The number of hydrogen-bond acceptors (Lipinski definition) is 4. The van der Waals surface area contributed by atoms with Gasteiger partial charge in [0.05, 0.1) is 6.20 Å². The van der Waals surface area contributed by atoms with Crippen molar-refractivity contribution in [3.05, 3.63) is 36.2 Å². The summed E-state index contributed by atoms with van der Waals surface area (Å²) in [6.07, 6.45) is 8.07. The van der Waals surface area contributed by atoms with Crippen molar-refractivity contribution in [1.29, 1.82) is 0 Å². The second-order valence-corrected chi connectivity index (χ2v) is 6.03. The van der Waals surface area contributed by atoms with Gasteiger partial charge in [0.15, 0.2) is 0 Å². The van der Waals surface area contributed by atoms with Gasteiger partial charge in [0.2, 0.25) is 5.89 Å². The molecule has 0 spiro atoms. The van der Waals surface area contributed by atoms with Gasteiger partial charge < -0.3 is 15.5 Å². The monoisotopic (exact) mass is 285 g/mol. The van der Waals surface area contributed by atoms with Crippen molar-refractivity contribution in [2.75, 3.05) is 11.9 Å². The summed E-state index contributed by atoms with van der Waals surface area (Å²) >= 11 is 0. The van der Waals surface area contributed by atoms with E-state index in [9.17, 15) is 0 Å². The molecule has 0 atom stereocenters. The molecule has 21 heavy (non-hydrogen) atoms. The number of nitrogens with zero attached hydrogens (tertiary/aromatic N) is 1. The Balaban J connectivity index is 1.61. The van der Waals surface area contributed by atoms with Gasteiger partial charge in [0, 0.05) is 23.8 Å². The zero-order chi connectivity index (χ0) is 14.7. The molecule has 4 nitrogen and oxygen atoms in total. The largest absolute Gasteiger partial charge is 0.445 e. The van der Waals surface area contributed by atoms with Crippen LogP contribution >= 0.6 is 0 Å². The number of anilines is 1. The molecule has 1 saturated carbocycles. The molecule has 3 N–H and O–H groups in total. The Morgan fingerprint density at radius 1 is 1.29 bits per heavy atom. The second kappa shape index (κ2) is 6.31. The molecule has 0 bridgehead atoms. The van der Waals surface area contributed by atoms with E-state index in [2.05, 4.69) is 35.4 Å². The molecule has 2 aromatic rings. The number of rotatable bonds is 4. The zero-order valence-electron chi connectivity index (χ0n) is 12.5. The van der Waals surface area contributed by atoms with Crippen LogP contribution in [-0.4, -0.2) is 17.6 Å². The van der Waals surface area contributed by atoms with E-state index in [1.54, 1.807) is 12.5 Å². The van der Waals surface area contributed by atoms with Gasteiger partial charge >= 0.3 is 0 Å². The summed E-state index contributed by atoms with van der Waals surface area (Å²) in [7, 11) is 0. The Hall–Kier alpha value is -1.81. The number of benzene rings is 1. The molecule has 0 amide bonds. The van der Waals surface area contributed by atoms with Crippen molar-refractivity contribution in [2.45, 2.75) is 38.6 Å². The van der Waals surface area contributed by atoms with Crippen LogP contribution in [0.2, 0.25) is 0 Å². The van der Waals surface area contributed by atoms with Crippen molar-refractivity contribution in [3.63, 3.8) is 0 Å². The fraction of sp³-hybridized carbons (Fsp3) is 0.471. The minimum atomic E-state index is 0.420. The summed E-state index contributed by atoms with van der Waals surface area (Å²) in [5.74, 6) is 1.42. The lowest BCUT2D eigenvalue weighted by molar-refractivity contribution is 0.339. The van der Waals surface area contributed by atoms with E-state index >= 15 is 0 Å². The fourth-order valence-corrected chi connectivity index (χ4v) is 3.01. The number of aromatic nitrogens is 1. The van der Waals surface area contributed by atoms with Gasteiger partial charge in [-0.15, -0.1) is 0 Å². The van der Waals surface area contributed by atoms with Crippen molar-refractivity contribution in [3.8, 4) is 11.5 Å². The number of oxazole rings is 1. The lowest BCUT2D eigenvalue weighted by Gasteiger charge is -2.26. The molecular formula is C17H23N3O. The number of hydrogen-bond donors (Lipinski definition) is 2. The normalized spacial score (nSPS) is 22.2. The summed E-state index contributed by atoms with van der Waals surface area (Å²) < 4.78 is 5.34. The Kier molecular flexibility index (Phi) is 4.25. The lowest BCUT2D eigenvalue weighted by atomic mass is 9.86. The van der Waals surface area contributed by atoms with E-state index < -0.39 is 0 Å². The standard InChI is InChI=1S/C17H23N3O/c1-12-10-14(17-19-8-9-21-17)4-7-16(12)20-11-13-2-5-15(18)6-3-13/h4,7-10,13,15,20H,2-3,5-6,11,18H2,1H3/t13-,15-. The molecule has 1 aromatic carbocycles. The Morgan fingerprint density at radius 3 is 2.76 bits per heavy atom. The van der Waals surface area contributed by atoms with Crippen LogP contribution in [0.1, 0.15) is 31.2 Å². The van der Waals surface area contributed by atoms with Gasteiger partial charge in [-0.1, -0.05) is 0 Å². The minimum absolute atomic E-state index is 0.420. The molecule has 4 heteroatoms. The highest BCUT2D eigenvalue weighted by Crippen LogP contribution is 2.26. The molecule has 1 aliphatic rings. The summed E-state index contributed by atoms with van der Waals surface area (Å²) in [6, 6.07) is 6.70. The van der Waals surface area contributed by atoms with Gasteiger partial charge in [-0.3, -0.25) is 0 Å². The summed E-state index contributed by atoms with van der Waals surface area (Å²) in [5.41, 5.74) is 9.39.